The fourth-order valence-corrected chi connectivity index (χ4v) is 1.07. The SMILES string of the molecule is CC(C)(C)CCCCCO[N+](=O)[O-]. The van der Waals surface area contributed by atoms with Crippen LogP contribution in [0.25, 0.3) is 0 Å². The van der Waals surface area contributed by atoms with E-state index in [1.807, 2.05) is 0 Å². The van der Waals surface area contributed by atoms with Crippen LogP contribution in [0.3, 0.4) is 0 Å². The monoisotopic (exact) mass is 189 g/mol. The predicted molar refractivity (Wildman–Crippen MR) is 50.9 cm³/mol. The van der Waals surface area contributed by atoms with Crippen LogP contribution in [0.5, 0.6) is 0 Å². The third kappa shape index (κ3) is 11.2. The van der Waals surface area contributed by atoms with Crippen LogP contribution in [-0.4, -0.2) is 11.7 Å². The maximum absolute atomic E-state index is 9.77. The number of hydrogen-bond acceptors (Lipinski definition) is 3. The van der Waals surface area contributed by atoms with E-state index in [9.17, 15) is 10.1 Å². The maximum atomic E-state index is 9.77. The summed E-state index contributed by atoms with van der Waals surface area (Å²) in [6.07, 6.45) is 4.05. The molecular weight excluding hydrogens is 170 g/mol. The van der Waals surface area contributed by atoms with Crippen molar-refractivity contribution in [2.45, 2.75) is 46.5 Å². The van der Waals surface area contributed by atoms with E-state index < -0.39 is 5.09 Å². The molecule has 0 aliphatic carbocycles. The molecule has 0 N–H and O–H groups in total. The molecule has 0 aromatic carbocycles. The van der Waals surface area contributed by atoms with E-state index in [-0.39, 0.29) is 6.61 Å². The molecule has 0 aromatic heterocycles. The van der Waals surface area contributed by atoms with E-state index >= 15 is 0 Å². The zero-order valence-electron chi connectivity index (χ0n) is 8.71. The Kier molecular flexibility index (Phi) is 5.42. The number of unbranched alkanes of at least 4 members (excludes halogenated alkanes) is 2. The second kappa shape index (κ2) is 5.78. The summed E-state index contributed by atoms with van der Waals surface area (Å²) in [6, 6.07) is 0. The lowest BCUT2D eigenvalue weighted by Gasteiger charge is -2.17. The molecule has 0 saturated heterocycles. The quantitative estimate of drug-likeness (QED) is 0.367. The van der Waals surface area contributed by atoms with Gasteiger partial charge in [0, 0.05) is 0 Å². The molecule has 0 heterocycles. The van der Waals surface area contributed by atoms with Gasteiger partial charge in [0.1, 0.15) is 0 Å². The van der Waals surface area contributed by atoms with Gasteiger partial charge in [-0.2, -0.15) is 0 Å². The van der Waals surface area contributed by atoms with Gasteiger partial charge in [0.2, 0.25) is 0 Å². The minimum absolute atomic E-state index is 0.233. The van der Waals surface area contributed by atoms with Crippen molar-refractivity contribution in [2.75, 3.05) is 6.61 Å². The Hall–Kier alpha value is -0.800. The highest BCUT2D eigenvalue weighted by Crippen LogP contribution is 2.21. The molecule has 0 atom stereocenters. The molecule has 78 valence electrons. The smallest absolute Gasteiger partial charge is 0.294 e. The largest absolute Gasteiger partial charge is 0.314 e. The average molecular weight is 189 g/mol. The third-order valence-corrected chi connectivity index (χ3v) is 1.77. The first-order valence-corrected chi connectivity index (χ1v) is 4.69. The lowest BCUT2D eigenvalue weighted by Crippen LogP contribution is -2.05. The summed E-state index contributed by atoms with van der Waals surface area (Å²) in [6.45, 7) is 6.82. The first-order chi connectivity index (χ1) is 5.92. The van der Waals surface area contributed by atoms with E-state index in [4.69, 9.17) is 0 Å². The highest BCUT2D eigenvalue weighted by atomic mass is 16.9. The predicted octanol–water partition coefficient (Wildman–Crippen LogP) is 2.80. The van der Waals surface area contributed by atoms with Crippen molar-refractivity contribution >= 4 is 0 Å². The van der Waals surface area contributed by atoms with E-state index in [1.165, 1.54) is 0 Å². The summed E-state index contributed by atoms with van der Waals surface area (Å²) in [5, 5.41) is 9.04. The lowest BCUT2D eigenvalue weighted by molar-refractivity contribution is -0.757. The zero-order chi connectivity index (χ0) is 10.3. The molecular formula is C9H19NO3. The van der Waals surface area contributed by atoms with Gasteiger partial charge in [-0.25, -0.2) is 0 Å². The lowest BCUT2D eigenvalue weighted by atomic mass is 9.89. The zero-order valence-corrected chi connectivity index (χ0v) is 8.71. The molecule has 4 nitrogen and oxygen atoms in total. The van der Waals surface area contributed by atoms with Crippen LogP contribution in [0.2, 0.25) is 0 Å². The van der Waals surface area contributed by atoms with Crippen molar-refractivity contribution in [3.63, 3.8) is 0 Å². The highest BCUT2D eigenvalue weighted by molar-refractivity contribution is 4.60. The fraction of sp³-hybridized carbons (Fsp3) is 1.00. The van der Waals surface area contributed by atoms with Crippen molar-refractivity contribution in [3.05, 3.63) is 10.1 Å². The van der Waals surface area contributed by atoms with Gasteiger partial charge in [0.15, 0.2) is 0 Å². The molecule has 0 aromatic rings. The molecule has 0 saturated carbocycles. The Bertz CT molecular complexity index is 151. The van der Waals surface area contributed by atoms with Gasteiger partial charge in [-0.1, -0.05) is 33.6 Å². The summed E-state index contributed by atoms with van der Waals surface area (Å²) < 4.78 is 0. The van der Waals surface area contributed by atoms with Crippen LogP contribution >= 0.6 is 0 Å². The van der Waals surface area contributed by atoms with Crippen molar-refractivity contribution in [2.24, 2.45) is 5.41 Å². The first kappa shape index (κ1) is 12.2. The van der Waals surface area contributed by atoms with Crippen molar-refractivity contribution < 1.29 is 9.92 Å². The second-order valence-electron chi connectivity index (χ2n) is 4.43. The normalized spacial score (nSPS) is 11.3. The second-order valence-corrected chi connectivity index (χ2v) is 4.43. The molecule has 0 amide bonds. The van der Waals surface area contributed by atoms with Crippen LogP contribution in [0.1, 0.15) is 46.5 Å². The van der Waals surface area contributed by atoms with Crippen LogP contribution in [0.15, 0.2) is 0 Å². The van der Waals surface area contributed by atoms with Crippen LogP contribution in [-0.2, 0) is 4.84 Å². The van der Waals surface area contributed by atoms with Gasteiger partial charge in [0.05, 0.1) is 6.61 Å². The number of hydrogen-bond donors (Lipinski definition) is 0. The number of nitrogens with zero attached hydrogens (tertiary/aromatic N) is 1. The molecule has 13 heavy (non-hydrogen) atoms. The molecule has 0 radical (unpaired) electrons. The van der Waals surface area contributed by atoms with Gasteiger partial charge in [-0.3, -0.25) is 0 Å². The average Bonchev–Trinajstić information content (AvgIpc) is 1.93. The van der Waals surface area contributed by atoms with Gasteiger partial charge >= 0.3 is 0 Å². The molecule has 0 bridgehead atoms. The van der Waals surface area contributed by atoms with Crippen molar-refractivity contribution in [1.82, 2.24) is 0 Å². The van der Waals surface area contributed by atoms with Gasteiger partial charge in [-0.05, 0) is 18.3 Å². The molecule has 0 aliphatic rings. The Labute approximate surface area is 79.4 Å². The van der Waals surface area contributed by atoms with Crippen molar-refractivity contribution in [1.29, 1.82) is 0 Å². The number of rotatable bonds is 6. The van der Waals surface area contributed by atoms with E-state index in [0.717, 1.165) is 25.7 Å². The maximum Gasteiger partial charge on any atom is 0.294 e. The van der Waals surface area contributed by atoms with Gasteiger partial charge in [0.25, 0.3) is 5.09 Å². The molecule has 0 fully saturated rings. The molecule has 0 aliphatic heterocycles. The summed E-state index contributed by atoms with van der Waals surface area (Å²) >= 11 is 0. The van der Waals surface area contributed by atoms with E-state index in [0.29, 0.717) is 5.41 Å². The van der Waals surface area contributed by atoms with E-state index in [2.05, 4.69) is 25.6 Å². The van der Waals surface area contributed by atoms with Crippen molar-refractivity contribution in [3.8, 4) is 0 Å². The first-order valence-electron chi connectivity index (χ1n) is 4.69. The summed E-state index contributed by atoms with van der Waals surface area (Å²) in [7, 11) is 0. The molecule has 0 rings (SSSR count). The Morgan fingerprint density at radius 1 is 1.23 bits per heavy atom. The van der Waals surface area contributed by atoms with E-state index in [1.54, 1.807) is 0 Å². The standard InChI is InChI=1S/C9H19NO3/c1-9(2,3)7-5-4-6-8-13-10(11)12/h4-8H2,1-3H3. The topological polar surface area (TPSA) is 52.4 Å². The summed E-state index contributed by atoms with van der Waals surface area (Å²) in [5.41, 5.74) is 0.365. The summed E-state index contributed by atoms with van der Waals surface area (Å²) in [4.78, 5) is 14.0. The molecule has 0 spiro atoms. The molecule has 0 unspecified atom stereocenters. The minimum Gasteiger partial charge on any atom is -0.314 e. The third-order valence-electron chi connectivity index (χ3n) is 1.77. The molecule has 4 heteroatoms. The van der Waals surface area contributed by atoms with Crippen LogP contribution in [0.4, 0.5) is 0 Å². The van der Waals surface area contributed by atoms with Crippen LogP contribution < -0.4 is 0 Å². The van der Waals surface area contributed by atoms with Gasteiger partial charge in [-0.15, -0.1) is 10.1 Å². The van der Waals surface area contributed by atoms with Crippen LogP contribution in [0, 0.1) is 15.5 Å². The highest BCUT2D eigenvalue weighted by Gasteiger charge is 2.08. The Balaban J connectivity index is 3.13. The Morgan fingerprint density at radius 2 is 1.85 bits per heavy atom. The summed E-state index contributed by atoms with van der Waals surface area (Å²) in [5.74, 6) is 0. The fourth-order valence-electron chi connectivity index (χ4n) is 1.07. The Morgan fingerprint density at radius 3 is 2.31 bits per heavy atom. The minimum atomic E-state index is -0.732. The van der Waals surface area contributed by atoms with Gasteiger partial charge < -0.3 is 4.84 Å².